The second kappa shape index (κ2) is 7.16. The average Bonchev–Trinajstić information content (AvgIpc) is 2.27. The first-order valence-corrected chi connectivity index (χ1v) is 4.12. The molecule has 0 fully saturated rings. The van der Waals surface area contributed by atoms with Crippen LogP contribution in [0.25, 0.3) is 10.4 Å². The molecule has 86 valence electrons. The number of nitrogens with zero attached hydrogens (tertiary/aromatic N) is 3. The van der Waals surface area contributed by atoms with Crippen molar-refractivity contribution in [3.63, 3.8) is 0 Å². The highest BCUT2D eigenvalue weighted by Gasteiger charge is 2.29. The van der Waals surface area contributed by atoms with E-state index in [9.17, 15) is 9.90 Å². The first-order chi connectivity index (χ1) is 7.08. The van der Waals surface area contributed by atoms with Gasteiger partial charge in [0.2, 0.25) is 0 Å². The van der Waals surface area contributed by atoms with Crippen LogP contribution >= 0.6 is 0 Å². The van der Waals surface area contributed by atoms with E-state index >= 15 is 0 Å². The Kier molecular flexibility index (Phi) is 6.59. The molecule has 1 unspecified atom stereocenters. The zero-order chi connectivity index (χ0) is 11.8. The van der Waals surface area contributed by atoms with Gasteiger partial charge in [0, 0.05) is 12.0 Å². The van der Waals surface area contributed by atoms with Crippen molar-refractivity contribution < 1.29 is 24.9 Å². The fourth-order valence-corrected chi connectivity index (χ4v) is 0.871. The lowest BCUT2D eigenvalue weighted by Gasteiger charge is -2.18. The first-order valence-electron chi connectivity index (χ1n) is 4.12. The lowest BCUT2D eigenvalue weighted by molar-refractivity contribution is -0.144. The fraction of sp³-hybridized carbons (Fsp3) is 0.857. The largest absolute Gasteiger partial charge is 0.394 e. The molecule has 0 saturated carbocycles. The van der Waals surface area contributed by atoms with Gasteiger partial charge in [0.1, 0.15) is 18.3 Å². The minimum absolute atomic E-state index is 0.277. The summed E-state index contributed by atoms with van der Waals surface area (Å²) in [5.41, 5.74) is 8.03. The maximum atomic E-state index is 11.4. The lowest BCUT2D eigenvalue weighted by atomic mass is 10.1. The molecule has 8 nitrogen and oxygen atoms in total. The van der Waals surface area contributed by atoms with Crippen molar-refractivity contribution in [1.29, 1.82) is 0 Å². The summed E-state index contributed by atoms with van der Waals surface area (Å²) < 4.78 is 4.66. The van der Waals surface area contributed by atoms with Crippen molar-refractivity contribution in [3.05, 3.63) is 10.4 Å². The summed E-state index contributed by atoms with van der Waals surface area (Å²) in [6, 6.07) is 0. The van der Waals surface area contributed by atoms with Crippen LogP contribution in [0.4, 0.5) is 0 Å². The summed E-state index contributed by atoms with van der Waals surface area (Å²) in [6.07, 6.45) is -4.45. The second-order valence-corrected chi connectivity index (χ2v) is 2.73. The van der Waals surface area contributed by atoms with Gasteiger partial charge in [-0.15, -0.1) is 0 Å². The molecule has 0 amide bonds. The first kappa shape index (κ1) is 13.8. The van der Waals surface area contributed by atoms with Gasteiger partial charge in [0.15, 0.2) is 5.78 Å². The van der Waals surface area contributed by atoms with E-state index in [4.69, 9.17) is 15.7 Å². The molecule has 0 aromatic carbocycles. The van der Waals surface area contributed by atoms with Gasteiger partial charge in [-0.05, 0) is 5.53 Å². The van der Waals surface area contributed by atoms with Crippen LogP contribution in [0.2, 0.25) is 0 Å². The van der Waals surface area contributed by atoms with E-state index in [1.165, 1.54) is 7.11 Å². The highest BCUT2D eigenvalue weighted by atomic mass is 16.5. The molecule has 8 heteroatoms. The van der Waals surface area contributed by atoms with Crippen molar-refractivity contribution in [3.8, 4) is 0 Å². The average molecular weight is 219 g/mol. The molecule has 3 N–H and O–H groups in total. The molecular weight excluding hydrogens is 206 g/mol. The molecule has 0 aliphatic heterocycles. The third-order valence-corrected chi connectivity index (χ3v) is 1.76. The highest BCUT2D eigenvalue weighted by molar-refractivity contribution is 5.88. The maximum Gasteiger partial charge on any atom is 0.192 e. The molecule has 0 bridgehead atoms. The van der Waals surface area contributed by atoms with Gasteiger partial charge in [-0.3, -0.25) is 4.79 Å². The summed E-state index contributed by atoms with van der Waals surface area (Å²) in [5.74, 6) is -0.841. The normalized spacial score (nSPS) is 16.3. The van der Waals surface area contributed by atoms with E-state index in [1.807, 2.05) is 0 Å². The molecule has 0 radical (unpaired) electrons. The summed E-state index contributed by atoms with van der Waals surface area (Å²) >= 11 is 0. The standard InChI is InChI=1S/C7H13N3O5/c1-15-5(2-9-10-8)7(14)6(13)4(12)3-11/h4-6,11-13H,2-3H2,1H3/t4?,5-,6-/m1/s1. The van der Waals surface area contributed by atoms with Gasteiger partial charge < -0.3 is 20.1 Å². The Morgan fingerprint density at radius 3 is 2.60 bits per heavy atom. The fourth-order valence-electron chi connectivity index (χ4n) is 0.871. The van der Waals surface area contributed by atoms with Crippen molar-refractivity contribution in [2.24, 2.45) is 5.11 Å². The molecule has 0 aliphatic rings. The quantitative estimate of drug-likeness (QED) is 0.274. The van der Waals surface area contributed by atoms with Crippen LogP contribution in [-0.4, -0.2) is 59.7 Å². The molecule has 0 aromatic heterocycles. The van der Waals surface area contributed by atoms with E-state index < -0.39 is 30.7 Å². The van der Waals surface area contributed by atoms with E-state index in [0.29, 0.717) is 0 Å². The minimum atomic E-state index is -1.76. The number of ether oxygens (including phenoxy) is 1. The van der Waals surface area contributed by atoms with Crippen LogP contribution in [-0.2, 0) is 9.53 Å². The molecule has 0 heterocycles. The number of hydrogen-bond donors (Lipinski definition) is 3. The Morgan fingerprint density at radius 1 is 1.60 bits per heavy atom. The molecule has 0 aromatic rings. The molecule has 0 saturated heterocycles. The van der Waals surface area contributed by atoms with Crippen LogP contribution in [0.1, 0.15) is 0 Å². The van der Waals surface area contributed by atoms with Crippen LogP contribution in [0.15, 0.2) is 5.11 Å². The maximum absolute atomic E-state index is 11.4. The molecule has 0 rings (SSSR count). The highest BCUT2D eigenvalue weighted by Crippen LogP contribution is 2.02. The number of ketones is 1. The number of methoxy groups -OCH3 is 1. The van der Waals surface area contributed by atoms with Gasteiger partial charge in [-0.2, -0.15) is 0 Å². The van der Waals surface area contributed by atoms with Crippen LogP contribution < -0.4 is 0 Å². The number of aliphatic hydroxyl groups is 3. The molecule has 15 heavy (non-hydrogen) atoms. The SMILES string of the molecule is CO[C@H](CN=[N+]=[N-])C(=O)[C@H](O)C(O)CO. The van der Waals surface area contributed by atoms with Crippen LogP contribution in [0, 0.1) is 0 Å². The van der Waals surface area contributed by atoms with E-state index in [2.05, 4.69) is 14.8 Å². The van der Waals surface area contributed by atoms with Crippen molar-refractivity contribution in [2.45, 2.75) is 18.3 Å². The zero-order valence-corrected chi connectivity index (χ0v) is 8.15. The Balaban J connectivity index is 4.42. The number of carbonyl (C=O) groups is 1. The van der Waals surface area contributed by atoms with Crippen molar-refractivity contribution in [1.82, 2.24) is 0 Å². The minimum Gasteiger partial charge on any atom is -0.394 e. The lowest BCUT2D eigenvalue weighted by Crippen LogP contribution is -2.43. The third kappa shape index (κ3) is 4.24. The Hall–Kier alpha value is -1.18. The number of carbonyl (C=O) groups excluding carboxylic acids is 1. The van der Waals surface area contributed by atoms with E-state index in [1.54, 1.807) is 0 Å². The van der Waals surface area contributed by atoms with Gasteiger partial charge in [0.05, 0.1) is 13.2 Å². The number of aliphatic hydroxyl groups excluding tert-OH is 3. The van der Waals surface area contributed by atoms with Crippen molar-refractivity contribution >= 4 is 5.78 Å². The van der Waals surface area contributed by atoms with E-state index in [0.717, 1.165) is 0 Å². The number of azide groups is 1. The summed E-state index contributed by atoms with van der Waals surface area (Å²) in [5, 5.41) is 29.8. The smallest absolute Gasteiger partial charge is 0.192 e. The second-order valence-electron chi connectivity index (χ2n) is 2.73. The Bertz CT molecular complexity index is 253. The molecular formula is C7H13N3O5. The monoisotopic (exact) mass is 219 g/mol. The van der Waals surface area contributed by atoms with Gasteiger partial charge in [0.25, 0.3) is 0 Å². The van der Waals surface area contributed by atoms with Crippen LogP contribution in [0.3, 0.4) is 0 Å². The number of Topliss-reactive ketones (excluding diaryl/α,β-unsaturated/α-hetero) is 1. The van der Waals surface area contributed by atoms with Crippen LogP contribution in [0.5, 0.6) is 0 Å². The van der Waals surface area contributed by atoms with E-state index in [-0.39, 0.29) is 6.54 Å². The summed E-state index contributed by atoms with van der Waals surface area (Å²) in [7, 11) is 1.20. The summed E-state index contributed by atoms with van der Waals surface area (Å²) in [4.78, 5) is 13.8. The zero-order valence-electron chi connectivity index (χ0n) is 8.15. The number of rotatable bonds is 7. The number of hydrogen-bond acceptors (Lipinski definition) is 6. The molecule has 0 aliphatic carbocycles. The topological polar surface area (TPSA) is 136 Å². The predicted molar refractivity (Wildman–Crippen MR) is 48.9 cm³/mol. The summed E-state index contributed by atoms with van der Waals surface area (Å²) in [6.45, 7) is -1.02. The molecule has 3 atom stereocenters. The third-order valence-electron chi connectivity index (χ3n) is 1.76. The predicted octanol–water partition coefficient (Wildman–Crippen LogP) is -1.41. The van der Waals surface area contributed by atoms with Gasteiger partial charge in [-0.25, -0.2) is 0 Å². The Morgan fingerprint density at radius 2 is 2.20 bits per heavy atom. The Labute approximate surface area is 85.7 Å². The van der Waals surface area contributed by atoms with Gasteiger partial charge >= 0.3 is 0 Å². The van der Waals surface area contributed by atoms with Crippen molar-refractivity contribution in [2.75, 3.05) is 20.3 Å². The molecule has 0 spiro atoms. The van der Waals surface area contributed by atoms with Gasteiger partial charge in [-0.1, -0.05) is 5.11 Å².